The number of aryl methyl sites for hydroxylation is 1. The first-order chi connectivity index (χ1) is 8.76. The van der Waals surface area contributed by atoms with Gasteiger partial charge in [-0.1, -0.05) is 20.3 Å². The Labute approximate surface area is 111 Å². The van der Waals surface area contributed by atoms with Crippen molar-refractivity contribution in [1.29, 1.82) is 0 Å². The molecule has 0 bridgehead atoms. The molecule has 1 aliphatic carbocycles. The van der Waals surface area contributed by atoms with Gasteiger partial charge in [0.2, 0.25) is 0 Å². The zero-order valence-corrected chi connectivity index (χ0v) is 12.0. The van der Waals surface area contributed by atoms with E-state index in [1.54, 1.807) is 0 Å². The summed E-state index contributed by atoms with van der Waals surface area (Å²) in [6.45, 7) is 6.84. The summed E-state index contributed by atoms with van der Waals surface area (Å²) >= 11 is 0. The Bertz CT molecular complexity index is 358. The Morgan fingerprint density at radius 2 is 2.28 bits per heavy atom. The van der Waals surface area contributed by atoms with Crippen LogP contribution in [0, 0.1) is 11.8 Å². The molecule has 1 fully saturated rings. The van der Waals surface area contributed by atoms with Crippen LogP contribution >= 0.6 is 0 Å². The lowest BCUT2D eigenvalue weighted by molar-refractivity contribution is 0.233. The van der Waals surface area contributed by atoms with Crippen molar-refractivity contribution in [2.24, 2.45) is 11.8 Å². The average molecular weight is 249 g/mol. The third-order valence-electron chi connectivity index (χ3n) is 4.27. The first-order valence-electron chi connectivity index (χ1n) is 7.41. The summed E-state index contributed by atoms with van der Waals surface area (Å²) in [4.78, 5) is 4.66. The van der Waals surface area contributed by atoms with E-state index in [2.05, 4.69) is 42.0 Å². The maximum absolute atomic E-state index is 4.66. The highest BCUT2D eigenvalue weighted by molar-refractivity contribution is 5.05. The molecule has 0 saturated heterocycles. The number of nitrogens with one attached hydrogen (secondary N) is 1. The lowest BCUT2D eigenvalue weighted by atomic mass is 9.74. The normalized spacial score (nSPS) is 28.5. The molecule has 0 spiro atoms. The minimum Gasteiger partial charge on any atom is -0.335 e. The lowest BCUT2D eigenvalue weighted by Crippen LogP contribution is -2.31. The highest BCUT2D eigenvalue weighted by atomic mass is 15.1. The van der Waals surface area contributed by atoms with E-state index in [0.717, 1.165) is 24.9 Å². The molecule has 3 nitrogen and oxygen atoms in total. The lowest BCUT2D eigenvalue weighted by Gasteiger charge is -2.34. The van der Waals surface area contributed by atoms with Crippen LogP contribution in [0.25, 0.3) is 0 Å². The van der Waals surface area contributed by atoms with Crippen LogP contribution < -0.4 is 5.32 Å². The minimum absolute atomic E-state index is 0.641. The van der Waals surface area contributed by atoms with Gasteiger partial charge in [-0.2, -0.15) is 0 Å². The highest BCUT2D eigenvalue weighted by Gasteiger charge is 2.31. The van der Waals surface area contributed by atoms with Crippen molar-refractivity contribution < 1.29 is 0 Å². The van der Waals surface area contributed by atoms with Crippen LogP contribution in [0.4, 0.5) is 0 Å². The molecule has 1 aliphatic rings. The number of imidazole rings is 1. The molecule has 1 aromatic rings. The topological polar surface area (TPSA) is 29.9 Å². The number of rotatable bonds is 5. The number of hydrogen-bond donors (Lipinski definition) is 1. The Morgan fingerprint density at radius 3 is 3.00 bits per heavy atom. The Morgan fingerprint density at radius 1 is 1.44 bits per heavy atom. The van der Waals surface area contributed by atoms with Crippen molar-refractivity contribution in [3.63, 3.8) is 0 Å². The smallest absolute Gasteiger partial charge is 0.112 e. The zero-order chi connectivity index (χ0) is 13.0. The molecule has 0 radical (unpaired) electrons. The second-order valence-corrected chi connectivity index (χ2v) is 5.82. The van der Waals surface area contributed by atoms with Gasteiger partial charge in [-0.25, -0.2) is 4.98 Å². The maximum Gasteiger partial charge on any atom is 0.112 e. The third kappa shape index (κ3) is 2.94. The van der Waals surface area contributed by atoms with Crippen LogP contribution in [-0.4, -0.2) is 23.1 Å². The van der Waals surface area contributed by atoms with Gasteiger partial charge in [0.1, 0.15) is 5.82 Å². The van der Waals surface area contributed by atoms with Gasteiger partial charge >= 0.3 is 0 Å². The second kappa shape index (κ2) is 6.37. The molecule has 0 aromatic carbocycles. The van der Waals surface area contributed by atoms with Crippen molar-refractivity contribution in [3.8, 4) is 0 Å². The van der Waals surface area contributed by atoms with Crippen molar-refractivity contribution in [2.45, 2.75) is 52.0 Å². The molecule has 0 aliphatic heterocycles. The fourth-order valence-corrected chi connectivity index (χ4v) is 3.35. The van der Waals surface area contributed by atoms with E-state index in [9.17, 15) is 0 Å². The molecule has 1 N–H and O–H groups in total. The van der Waals surface area contributed by atoms with Crippen molar-refractivity contribution in [3.05, 3.63) is 18.2 Å². The van der Waals surface area contributed by atoms with Gasteiger partial charge in [0.15, 0.2) is 0 Å². The standard InChI is InChI=1S/C15H27N3/c1-4-8-18-9-7-17-15(18)14-10-12(2)5-6-13(14)11-16-3/h7,9,12-14,16H,4-6,8,10-11H2,1-3H3. The molecule has 3 unspecified atom stereocenters. The summed E-state index contributed by atoms with van der Waals surface area (Å²) in [7, 11) is 2.06. The fraction of sp³-hybridized carbons (Fsp3) is 0.800. The first kappa shape index (κ1) is 13.6. The van der Waals surface area contributed by atoms with E-state index >= 15 is 0 Å². The zero-order valence-electron chi connectivity index (χ0n) is 12.0. The van der Waals surface area contributed by atoms with Crippen LogP contribution in [0.2, 0.25) is 0 Å². The van der Waals surface area contributed by atoms with Crippen molar-refractivity contribution in [1.82, 2.24) is 14.9 Å². The van der Waals surface area contributed by atoms with E-state index < -0.39 is 0 Å². The Kier molecular flexibility index (Phi) is 4.81. The predicted molar refractivity (Wildman–Crippen MR) is 75.7 cm³/mol. The molecule has 3 heteroatoms. The number of aromatic nitrogens is 2. The quantitative estimate of drug-likeness (QED) is 0.869. The van der Waals surface area contributed by atoms with Gasteiger partial charge in [0.25, 0.3) is 0 Å². The van der Waals surface area contributed by atoms with E-state index in [1.807, 2.05) is 6.20 Å². The van der Waals surface area contributed by atoms with Gasteiger partial charge in [0, 0.05) is 24.9 Å². The summed E-state index contributed by atoms with van der Waals surface area (Å²) in [6.07, 6.45) is 9.31. The van der Waals surface area contributed by atoms with Gasteiger partial charge < -0.3 is 9.88 Å². The molecule has 1 saturated carbocycles. The van der Waals surface area contributed by atoms with Gasteiger partial charge in [-0.05, 0) is 44.7 Å². The molecular weight excluding hydrogens is 222 g/mol. The van der Waals surface area contributed by atoms with Crippen molar-refractivity contribution in [2.75, 3.05) is 13.6 Å². The summed E-state index contributed by atoms with van der Waals surface area (Å²) in [5.74, 6) is 3.56. The maximum atomic E-state index is 4.66. The predicted octanol–water partition coefficient (Wildman–Crippen LogP) is 3.03. The Balaban J connectivity index is 2.17. The van der Waals surface area contributed by atoms with Gasteiger partial charge in [0.05, 0.1) is 0 Å². The molecule has 0 amide bonds. The minimum atomic E-state index is 0.641. The third-order valence-corrected chi connectivity index (χ3v) is 4.27. The van der Waals surface area contributed by atoms with Crippen LogP contribution in [0.3, 0.4) is 0 Å². The number of hydrogen-bond acceptors (Lipinski definition) is 2. The highest BCUT2D eigenvalue weighted by Crippen LogP contribution is 2.39. The van der Waals surface area contributed by atoms with Crippen LogP contribution in [0.5, 0.6) is 0 Å². The van der Waals surface area contributed by atoms with Crippen LogP contribution in [-0.2, 0) is 6.54 Å². The molecule has 102 valence electrons. The van der Waals surface area contributed by atoms with E-state index in [-0.39, 0.29) is 0 Å². The van der Waals surface area contributed by atoms with E-state index in [1.165, 1.54) is 31.5 Å². The molecule has 3 atom stereocenters. The van der Waals surface area contributed by atoms with Crippen molar-refractivity contribution >= 4 is 0 Å². The van der Waals surface area contributed by atoms with E-state index in [0.29, 0.717) is 5.92 Å². The fourth-order valence-electron chi connectivity index (χ4n) is 3.35. The molecule has 1 heterocycles. The summed E-state index contributed by atoms with van der Waals surface area (Å²) in [5.41, 5.74) is 0. The molecular formula is C15H27N3. The molecule has 18 heavy (non-hydrogen) atoms. The van der Waals surface area contributed by atoms with Crippen LogP contribution in [0.15, 0.2) is 12.4 Å². The second-order valence-electron chi connectivity index (χ2n) is 5.82. The average Bonchev–Trinajstić information content (AvgIpc) is 2.80. The van der Waals surface area contributed by atoms with Gasteiger partial charge in [-0.3, -0.25) is 0 Å². The largest absolute Gasteiger partial charge is 0.335 e. The summed E-state index contributed by atoms with van der Waals surface area (Å²) < 4.78 is 2.37. The first-order valence-corrected chi connectivity index (χ1v) is 7.41. The SMILES string of the molecule is CCCn1ccnc1C1CC(C)CCC1CNC. The van der Waals surface area contributed by atoms with Gasteiger partial charge in [-0.15, -0.1) is 0 Å². The monoisotopic (exact) mass is 249 g/mol. The van der Waals surface area contributed by atoms with Crippen LogP contribution in [0.1, 0.15) is 51.3 Å². The molecule has 1 aromatic heterocycles. The summed E-state index contributed by atoms with van der Waals surface area (Å²) in [6, 6.07) is 0. The number of nitrogens with zero attached hydrogens (tertiary/aromatic N) is 2. The summed E-state index contributed by atoms with van der Waals surface area (Å²) in [5, 5.41) is 3.36. The van der Waals surface area contributed by atoms with E-state index in [4.69, 9.17) is 0 Å². The molecule has 2 rings (SSSR count). The Hall–Kier alpha value is -0.830.